The third-order valence-corrected chi connectivity index (χ3v) is 4.09. The van der Waals surface area contributed by atoms with Crippen LogP contribution in [0, 0.1) is 20.8 Å². The van der Waals surface area contributed by atoms with Gasteiger partial charge in [-0.05, 0) is 44.0 Å². The Balaban J connectivity index is 1.61. The van der Waals surface area contributed by atoms with Crippen molar-refractivity contribution in [1.82, 2.24) is 0 Å². The number of carbonyl (C=O) groups excluding carboxylic acids is 2. The number of amides is 2. The minimum absolute atomic E-state index is 0.263. The molecular formula is C20H22N2O4. The molecule has 3 rings (SSSR count). The van der Waals surface area contributed by atoms with Crippen LogP contribution in [0.4, 0.5) is 11.4 Å². The predicted molar refractivity (Wildman–Crippen MR) is 100.0 cm³/mol. The van der Waals surface area contributed by atoms with Crippen LogP contribution in [0.5, 0.6) is 11.5 Å². The first kappa shape index (κ1) is 17.8. The second kappa shape index (κ2) is 7.47. The summed E-state index contributed by atoms with van der Waals surface area (Å²) in [7, 11) is 0. The fourth-order valence-corrected chi connectivity index (χ4v) is 3.03. The summed E-state index contributed by atoms with van der Waals surface area (Å²) in [6.07, 6.45) is -0.263. The van der Waals surface area contributed by atoms with Gasteiger partial charge in [0.15, 0.2) is 11.5 Å². The van der Waals surface area contributed by atoms with Crippen molar-refractivity contribution < 1.29 is 19.1 Å². The van der Waals surface area contributed by atoms with Crippen LogP contribution in [0.15, 0.2) is 30.3 Å². The van der Waals surface area contributed by atoms with E-state index in [1.165, 1.54) is 0 Å². The van der Waals surface area contributed by atoms with E-state index in [1.807, 2.05) is 32.9 Å². The Hall–Kier alpha value is -3.02. The van der Waals surface area contributed by atoms with E-state index in [-0.39, 0.29) is 18.2 Å². The first-order chi connectivity index (χ1) is 12.4. The van der Waals surface area contributed by atoms with Crippen molar-refractivity contribution in [2.24, 2.45) is 0 Å². The van der Waals surface area contributed by atoms with Crippen LogP contribution in [0.3, 0.4) is 0 Å². The topological polar surface area (TPSA) is 76.7 Å². The molecular weight excluding hydrogens is 332 g/mol. The number of rotatable bonds is 4. The molecule has 6 heteroatoms. The number of fused-ring (bicyclic) bond motifs is 1. The molecule has 0 aliphatic carbocycles. The number of nitrogens with one attached hydrogen (secondary N) is 2. The van der Waals surface area contributed by atoms with E-state index in [9.17, 15) is 9.59 Å². The van der Waals surface area contributed by atoms with Gasteiger partial charge >= 0.3 is 0 Å². The van der Waals surface area contributed by atoms with Crippen LogP contribution < -0.4 is 20.1 Å². The molecule has 26 heavy (non-hydrogen) atoms. The SMILES string of the molecule is Cc1cc(C)c(NC(=O)CC(=O)Nc2ccc3c(c2)OCCO3)c(C)c1. The molecule has 6 nitrogen and oxygen atoms in total. The molecule has 136 valence electrons. The van der Waals surface area contributed by atoms with Gasteiger partial charge in [0.25, 0.3) is 0 Å². The molecule has 0 unspecified atom stereocenters. The van der Waals surface area contributed by atoms with Crippen LogP contribution in [-0.4, -0.2) is 25.0 Å². The van der Waals surface area contributed by atoms with E-state index in [0.29, 0.717) is 30.4 Å². The van der Waals surface area contributed by atoms with Gasteiger partial charge in [-0.15, -0.1) is 0 Å². The Bertz CT molecular complexity index is 838. The molecule has 1 aliphatic heterocycles. The summed E-state index contributed by atoms with van der Waals surface area (Å²) in [4.78, 5) is 24.4. The summed E-state index contributed by atoms with van der Waals surface area (Å²) in [5.74, 6) is 0.499. The van der Waals surface area contributed by atoms with E-state index in [4.69, 9.17) is 9.47 Å². The molecule has 2 amide bonds. The smallest absolute Gasteiger partial charge is 0.233 e. The summed E-state index contributed by atoms with van der Waals surface area (Å²) in [5.41, 5.74) is 4.41. The fourth-order valence-electron chi connectivity index (χ4n) is 3.03. The van der Waals surface area contributed by atoms with Gasteiger partial charge in [-0.25, -0.2) is 0 Å². The van der Waals surface area contributed by atoms with Crippen molar-refractivity contribution >= 4 is 23.2 Å². The number of hydrogen-bond acceptors (Lipinski definition) is 4. The van der Waals surface area contributed by atoms with Gasteiger partial charge in [-0.1, -0.05) is 17.7 Å². The highest BCUT2D eigenvalue weighted by Gasteiger charge is 2.15. The molecule has 0 saturated carbocycles. The third-order valence-electron chi connectivity index (χ3n) is 4.09. The van der Waals surface area contributed by atoms with Crippen molar-refractivity contribution in [2.75, 3.05) is 23.8 Å². The van der Waals surface area contributed by atoms with Gasteiger partial charge in [0.2, 0.25) is 11.8 Å². The zero-order valence-electron chi connectivity index (χ0n) is 15.1. The Morgan fingerprint density at radius 2 is 1.50 bits per heavy atom. The molecule has 1 heterocycles. The van der Waals surface area contributed by atoms with Crippen LogP contribution >= 0.6 is 0 Å². The maximum atomic E-state index is 12.2. The monoisotopic (exact) mass is 354 g/mol. The molecule has 1 aliphatic rings. The molecule has 0 bridgehead atoms. The van der Waals surface area contributed by atoms with Crippen molar-refractivity contribution in [3.63, 3.8) is 0 Å². The van der Waals surface area contributed by atoms with E-state index >= 15 is 0 Å². The Morgan fingerprint density at radius 1 is 0.885 bits per heavy atom. The summed E-state index contributed by atoms with van der Waals surface area (Å²) >= 11 is 0. The zero-order chi connectivity index (χ0) is 18.7. The summed E-state index contributed by atoms with van der Waals surface area (Å²) in [6.45, 7) is 6.86. The summed E-state index contributed by atoms with van der Waals surface area (Å²) in [5, 5.41) is 5.54. The highest BCUT2D eigenvalue weighted by Crippen LogP contribution is 2.32. The zero-order valence-corrected chi connectivity index (χ0v) is 15.1. The lowest BCUT2D eigenvalue weighted by molar-refractivity contribution is -0.123. The van der Waals surface area contributed by atoms with Gasteiger partial charge in [-0.2, -0.15) is 0 Å². The maximum absolute atomic E-state index is 12.2. The van der Waals surface area contributed by atoms with E-state index < -0.39 is 0 Å². The fraction of sp³-hybridized carbons (Fsp3) is 0.300. The lowest BCUT2D eigenvalue weighted by Crippen LogP contribution is -2.22. The van der Waals surface area contributed by atoms with Crippen LogP contribution in [0.25, 0.3) is 0 Å². The van der Waals surface area contributed by atoms with Crippen LogP contribution in [0.2, 0.25) is 0 Å². The van der Waals surface area contributed by atoms with E-state index in [0.717, 1.165) is 22.4 Å². The Morgan fingerprint density at radius 3 is 2.19 bits per heavy atom. The molecule has 0 aromatic heterocycles. The highest BCUT2D eigenvalue weighted by atomic mass is 16.6. The van der Waals surface area contributed by atoms with Crippen molar-refractivity contribution in [1.29, 1.82) is 0 Å². The minimum Gasteiger partial charge on any atom is -0.486 e. The highest BCUT2D eigenvalue weighted by molar-refractivity contribution is 6.08. The first-order valence-electron chi connectivity index (χ1n) is 8.49. The molecule has 0 atom stereocenters. The second-order valence-corrected chi connectivity index (χ2v) is 6.41. The van der Waals surface area contributed by atoms with Crippen molar-refractivity contribution in [2.45, 2.75) is 27.2 Å². The number of anilines is 2. The average Bonchev–Trinajstić information content (AvgIpc) is 2.58. The van der Waals surface area contributed by atoms with Gasteiger partial charge in [0.1, 0.15) is 19.6 Å². The quantitative estimate of drug-likeness (QED) is 0.826. The van der Waals surface area contributed by atoms with Crippen molar-refractivity contribution in [3.8, 4) is 11.5 Å². The summed E-state index contributed by atoms with van der Waals surface area (Å²) in [6, 6.07) is 9.15. The third kappa shape index (κ3) is 4.14. The minimum atomic E-state index is -0.387. The summed E-state index contributed by atoms with van der Waals surface area (Å²) < 4.78 is 10.9. The number of benzene rings is 2. The predicted octanol–water partition coefficient (Wildman–Crippen LogP) is 3.35. The molecule has 0 fully saturated rings. The van der Waals surface area contributed by atoms with Gasteiger partial charge in [0, 0.05) is 17.4 Å². The van der Waals surface area contributed by atoms with E-state index in [2.05, 4.69) is 10.6 Å². The number of aryl methyl sites for hydroxylation is 3. The second-order valence-electron chi connectivity index (χ2n) is 6.41. The van der Waals surface area contributed by atoms with E-state index in [1.54, 1.807) is 18.2 Å². The molecule has 0 saturated heterocycles. The normalized spacial score (nSPS) is 12.4. The number of ether oxygens (including phenoxy) is 2. The van der Waals surface area contributed by atoms with Gasteiger partial charge in [0.05, 0.1) is 0 Å². The van der Waals surface area contributed by atoms with Crippen LogP contribution in [-0.2, 0) is 9.59 Å². The Kier molecular flexibility index (Phi) is 5.11. The standard InChI is InChI=1S/C20H22N2O4/c1-12-8-13(2)20(14(3)9-12)22-19(24)11-18(23)21-15-4-5-16-17(10-15)26-7-6-25-16/h4-5,8-10H,6-7,11H2,1-3H3,(H,21,23)(H,22,24). The largest absolute Gasteiger partial charge is 0.486 e. The molecule has 2 aromatic carbocycles. The maximum Gasteiger partial charge on any atom is 0.233 e. The average molecular weight is 354 g/mol. The lowest BCUT2D eigenvalue weighted by Gasteiger charge is -2.19. The molecule has 0 spiro atoms. The number of carbonyl (C=O) groups is 2. The van der Waals surface area contributed by atoms with Gasteiger partial charge < -0.3 is 20.1 Å². The Labute approximate surface area is 152 Å². The first-order valence-corrected chi connectivity index (χ1v) is 8.49. The van der Waals surface area contributed by atoms with Crippen molar-refractivity contribution in [3.05, 3.63) is 47.0 Å². The molecule has 2 aromatic rings. The number of hydrogen-bond donors (Lipinski definition) is 2. The molecule has 0 radical (unpaired) electrons. The van der Waals surface area contributed by atoms with Gasteiger partial charge in [-0.3, -0.25) is 9.59 Å². The molecule has 2 N–H and O–H groups in total. The van der Waals surface area contributed by atoms with Crippen LogP contribution in [0.1, 0.15) is 23.1 Å². The lowest BCUT2D eigenvalue weighted by atomic mass is 10.0.